The molecule has 5 nitrogen and oxygen atoms in total. The summed E-state index contributed by atoms with van der Waals surface area (Å²) in [6.07, 6.45) is 4.92. The first-order valence-corrected chi connectivity index (χ1v) is 9.82. The van der Waals surface area contributed by atoms with E-state index in [9.17, 15) is 9.59 Å². The number of likely N-dealkylation sites (tertiary alicyclic amines) is 1. The predicted octanol–water partition coefficient (Wildman–Crippen LogP) is 3.65. The van der Waals surface area contributed by atoms with Crippen molar-refractivity contribution in [3.05, 3.63) is 35.4 Å². The summed E-state index contributed by atoms with van der Waals surface area (Å²) in [7, 11) is 1.33. The summed E-state index contributed by atoms with van der Waals surface area (Å²) in [6.45, 7) is 3.92. The Morgan fingerprint density at radius 3 is 2.31 bits per heavy atom. The number of hydrogen-bond acceptors (Lipinski definition) is 3. The lowest BCUT2D eigenvalue weighted by molar-refractivity contribution is -0.136. The van der Waals surface area contributed by atoms with Gasteiger partial charge in [-0.3, -0.25) is 4.79 Å². The SMILES string of the molecule is CCC(CNC(=O)OC)C(=O)N1CCC(c2cccc(C3CC3)c2)CC1. The van der Waals surface area contributed by atoms with Gasteiger partial charge in [0.05, 0.1) is 13.0 Å². The lowest BCUT2D eigenvalue weighted by atomic mass is 9.87. The molecule has 2 amide bonds. The topological polar surface area (TPSA) is 58.6 Å². The third-order valence-electron chi connectivity index (χ3n) is 5.76. The number of ether oxygens (including phenoxy) is 1. The Morgan fingerprint density at radius 2 is 1.77 bits per heavy atom. The van der Waals surface area contributed by atoms with Crippen LogP contribution in [0.3, 0.4) is 0 Å². The van der Waals surface area contributed by atoms with Crippen LogP contribution in [0.5, 0.6) is 0 Å². The highest BCUT2D eigenvalue weighted by molar-refractivity contribution is 5.80. The molecule has 2 aliphatic rings. The number of nitrogens with one attached hydrogen (secondary N) is 1. The van der Waals surface area contributed by atoms with E-state index in [4.69, 9.17) is 0 Å². The number of nitrogens with zero attached hydrogens (tertiary/aromatic N) is 1. The monoisotopic (exact) mass is 358 g/mol. The number of alkyl carbamates (subject to hydrolysis) is 1. The zero-order valence-electron chi connectivity index (χ0n) is 15.9. The molecule has 1 saturated carbocycles. The van der Waals surface area contributed by atoms with E-state index in [1.165, 1.54) is 31.1 Å². The zero-order valence-corrected chi connectivity index (χ0v) is 15.9. The van der Waals surface area contributed by atoms with Gasteiger partial charge in [-0.15, -0.1) is 0 Å². The summed E-state index contributed by atoms with van der Waals surface area (Å²) < 4.78 is 4.59. The van der Waals surface area contributed by atoms with Crippen LogP contribution in [0.15, 0.2) is 24.3 Å². The fourth-order valence-corrected chi connectivity index (χ4v) is 3.86. The quantitative estimate of drug-likeness (QED) is 0.844. The molecule has 0 bridgehead atoms. The van der Waals surface area contributed by atoms with E-state index in [1.807, 2.05) is 11.8 Å². The molecule has 0 aromatic heterocycles. The van der Waals surface area contributed by atoms with E-state index in [1.54, 1.807) is 0 Å². The first-order valence-electron chi connectivity index (χ1n) is 9.82. The van der Waals surface area contributed by atoms with E-state index >= 15 is 0 Å². The maximum absolute atomic E-state index is 12.8. The highest BCUT2D eigenvalue weighted by Gasteiger charge is 2.29. The minimum Gasteiger partial charge on any atom is -0.453 e. The molecule has 26 heavy (non-hydrogen) atoms. The van der Waals surface area contributed by atoms with Gasteiger partial charge in [-0.05, 0) is 55.1 Å². The molecule has 2 fully saturated rings. The zero-order chi connectivity index (χ0) is 18.5. The maximum Gasteiger partial charge on any atom is 0.406 e. The van der Waals surface area contributed by atoms with Crippen molar-refractivity contribution in [2.24, 2.45) is 5.92 Å². The standard InChI is InChI=1S/C21H30N2O3/c1-3-15(14-22-21(25)26-2)20(24)23-11-9-17(10-12-23)19-6-4-5-18(13-19)16-7-8-16/h4-6,13,15-17H,3,7-12,14H2,1-2H3,(H,22,25). The number of piperidine rings is 1. The second-order valence-corrected chi connectivity index (χ2v) is 7.52. The van der Waals surface area contributed by atoms with E-state index < -0.39 is 6.09 Å². The minimum absolute atomic E-state index is 0.147. The normalized spacial score (nSPS) is 19.1. The Balaban J connectivity index is 1.53. The average molecular weight is 358 g/mol. The van der Waals surface area contributed by atoms with Gasteiger partial charge in [-0.2, -0.15) is 0 Å². The van der Waals surface area contributed by atoms with Gasteiger partial charge in [0.15, 0.2) is 0 Å². The molecule has 142 valence electrons. The van der Waals surface area contributed by atoms with Crippen LogP contribution in [0, 0.1) is 5.92 Å². The van der Waals surface area contributed by atoms with E-state index in [0.29, 0.717) is 18.9 Å². The summed E-state index contributed by atoms with van der Waals surface area (Å²) >= 11 is 0. The van der Waals surface area contributed by atoms with Gasteiger partial charge in [0.25, 0.3) is 0 Å². The van der Waals surface area contributed by atoms with Gasteiger partial charge >= 0.3 is 6.09 Å². The Morgan fingerprint density at radius 1 is 1.15 bits per heavy atom. The number of rotatable bonds is 6. The largest absolute Gasteiger partial charge is 0.453 e. The highest BCUT2D eigenvalue weighted by atomic mass is 16.5. The lowest BCUT2D eigenvalue weighted by Gasteiger charge is -2.34. The number of methoxy groups -OCH3 is 1. The molecule has 1 saturated heterocycles. The molecular weight excluding hydrogens is 328 g/mol. The van der Waals surface area contributed by atoms with Crippen molar-refractivity contribution in [2.75, 3.05) is 26.7 Å². The second-order valence-electron chi connectivity index (χ2n) is 7.52. The summed E-state index contributed by atoms with van der Waals surface area (Å²) in [5.74, 6) is 1.30. The molecule has 1 aromatic carbocycles. The second kappa shape index (κ2) is 8.56. The third kappa shape index (κ3) is 4.57. The first kappa shape index (κ1) is 18.7. The van der Waals surface area contributed by atoms with Crippen LogP contribution in [0.25, 0.3) is 0 Å². The first-order chi connectivity index (χ1) is 12.6. The van der Waals surface area contributed by atoms with Crippen molar-refractivity contribution in [1.29, 1.82) is 0 Å². The van der Waals surface area contributed by atoms with Gasteiger partial charge in [-0.25, -0.2) is 4.79 Å². The molecule has 1 aliphatic carbocycles. The van der Waals surface area contributed by atoms with Crippen molar-refractivity contribution in [2.45, 2.75) is 50.9 Å². The van der Waals surface area contributed by atoms with Crippen molar-refractivity contribution < 1.29 is 14.3 Å². The van der Waals surface area contributed by atoms with Crippen LogP contribution in [-0.2, 0) is 9.53 Å². The number of benzene rings is 1. The van der Waals surface area contributed by atoms with E-state index in [0.717, 1.165) is 31.8 Å². The molecule has 3 rings (SSSR count). The number of amides is 2. The molecule has 1 aromatic rings. The van der Waals surface area contributed by atoms with Crippen molar-refractivity contribution in [3.63, 3.8) is 0 Å². The Labute approximate surface area is 156 Å². The minimum atomic E-state index is -0.481. The van der Waals surface area contributed by atoms with Crippen LogP contribution in [0.1, 0.15) is 62.0 Å². The molecule has 5 heteroatoms. The number of carbonyl (C=O) groups excluding carboxylic acids is 2. The van der Waals surface area contributed by atoms with Gasteiger partial charge < -0.3 is 15.0 Å². The summed E-state index contributed by atoms with van der Waals surface area (Å²) in [4.78, 5) is 26.0. The summed E-state index contributed by atoms with van der Waals surface area (Å²) in [5.41, 5.74) is 2.92. The van der Waals surface area contributed by atoms with Crippen LogP contribution >= 0.6 is 0 Å². The average Bonchev–Trinajstić information content (AvgIpc) is 3.53. The molecule has 0 radical (unpaired) electrons. The van der Waals surface area contributed by atoms with Crippen LogP contribution in [0.2, 0.25) is 0 Å². The van der Waals surface area contributed by atoms with Gasteiger partial charge in [0.1, 0.15) is 0 Å². The van der Waals surface area contributed by atoms with E-state index in [-0.39, 0.29) is 11.8 Å². The molecule has 1 aliphatic heterocycles. The van der Waals surface area contributed by atoms with Gasteiger partial charge in [-0.1, -0.05) is 31.2 Å². The Kier molecular flexibility index (Phi) is 6.17. The Hall–Kier alpha value is -2.04. The molecule has 0 spiro atoms. The fraction of sp³-hybridized carbons (Fsp3) is 0.619. The lowest BCUT2D eigenvalue weighted by Crippen LogP contribution is -2.44. The van der Waals surface area contributed by atoms with Crippen molar-refractivity contribution in [1.82, 2.24) is 10.2 Å². The smallest absolute Gasteiger partial charge is 0.406 e. The Bertz CT molecular complexity index is 634. The summed E-state index contributed by atoms with van der Waals surface area (Å²) in [6, 6.07) is 9.06. The molecule has 1 unspecified atom stereocenters. The molecule has 1 atom stereocenters. The van der Waals surface area contributed by atoms with Crippen LogP contribution < -0.4 is 5.32 Å². The molecule has 1 N–H and O–H groups in total. The fourth-order valence-electron chi connectivity index (χ4n) is 3.86. The van der Waals surface area contributed by atoms with Gasteiger partial charge in [0.2, 0.25) is 5.91 Å². The van der Waals surface area contributed by atoms with Crippen LogP contribution in [-0.4, -0.2) is 43.6 Å². The molecule has 1 heterocycles. The third-order valence-corrected chi connectivity index (χ3v) is 5.76. The van der Waals surface area contributed by atoms with Gasteiger partial charge in [0, 0.05) is 19.6 Å². The maximum atomic E-state index is 12.8. The summed E-state index contributed by atoms with van der Waals surface area (Å²) in [5, 5.41) is 2.65. The van der Waals surface area contributed by atoms with Crippen molar-refractivity contribution >= 4 is 12.0 Å². The number of carbonyl (C=O) groups is 2. The predicted molar refractivity (Wildman–Crippen MR) is 101 cm³/mol. The van der Waals surface area contributed by atoms with Crippen molar-refractivity contribution in [3.8, 4) is 0 Å². The van der Waals surface area contributed by atoms with Crippen LogP contribution in [0.4, 0.5) is 4.79 Å². The highest BCUT2D eigenvalue weighted by Crippen LogP contribution is 2.41. The number of hydrogen-bond donors (Lipinski definition) is 1. The van der Waals surface area contributed by atoms with E-state index in [2.05, 4.69) is 34.3 Å². The molecular formula is C21H30N2O3.